The Morgan fingerprint density at radius 3 is 2.08 bits per heavy atom. The maximum absolute atomic E-state index is 2.56. The SMILES string of the molecule is CC1(C)c2ccccc2N2c3ccc(-c4ccccc4)cc3B(c3ccccc3)c3cc4ccccc4c1c32. The number of para-hydroxylation sites is 1. The molecule has 0 fully saturated rings. The second kappa shape index (κ2) is 8.22. The molecule has 0 spiro atoms. The fourth-order valence-corrected chi connectivity index (χ4v) is 7.13. The molecule has 2 aliphatic heterocycles. The van der Waals surface area contributed by atoms with Gasteiger partial charge in [-0.05, 0) is 56.1 Å². The lowest BCUT2D eigenvalue weighted by Gasteiger charge is -2.47. The highest BCUT2D eigenvalue weighted by atomic mass is 15.2. The van der Waals surface area contributed by atoms with E-state index in [-0.39, 0.29) is 12.1 Å². The number of anilines is 3. The van der Waals surface area contributed by atoms with Crippen LogP contribution in [0.5, 0.6) is 0 Å². The van der Waals surface area contributed by atoms with Crippen molar-refractivity contribution in [2.45, 2.75) is 19.3 Å². The van der Waals surface area contributed by atoms with Gasteiger partial charge in [0.25, 0.3) is 0 Å². The van der Waals surface area contributed by atoms with Gasteiger partial charge in [-0.1, -0.05) is 141 Å². The molecule has 0 radical (unpaired) electrons. The third-order valence-electron chi connectivity index (χ3n) is 8.85. The second-order valence-corrected chi connectivity index (χ2v) is 11.4. The third-order valence-corrected chi connectivity index (χ3v) is 8.85. The Bertz CT molecular complexity index is 1890. The van der Waals surface area contributed by atoms with E-state index in [0.717, 1.165) is 0 Å². The molecule has 0 aliphatic carbocycles. The quantitative estimate of drug-likeness (QED) is 0.224. The predicted molar refractivity (Wildman–Crippen MR) is 167 cm³/mol. The van der Waals surface area contributed by atoms with Crippen molar-refractivity contribution in [1.82, 2.24) is 0 Å². The summed E-state index contributed by atoms with van der Waals surface area (Å²) in [5, 5.41) is 2.65. The van der Waals surface area contributed by atoms with E-state index in [1.54, 1.807) is 0 Å². The van der Waals surface area contributed by atoms with Crippen molar-refractivity contribution >= 4 is 50.9 Å². The van der Waals surface area contributed by atoms with E-state index < -0.39 is 0 Å². The maximum atomic E-state index is 2.56. The highest BCUT2D eigenvalue weighted by Crippen LogP contribution is 2.54. The lowest BCUT2D eigenvalue weighted by atomic mass is 9.34. The highest BCUT2D eigenvalue weighted by Gasteiger charge is 2.45. The van der Waals surface area contributed by atoms with Crippen LogP contribution in [-0.2, 0) is 5.41 Å². The molecular formula is C37H28BN. The highest BCUT2D eigenvalue weighted by molar-refractivity contribution is 6.98. The summed E-state index contributed by atoms with van der Waals surface area (Å²) in [6.07, 6.45) is 0. The van der Waals surface area contributed by atoms with Crippen LogP contribution in [0.15, 0.2) is 133 Å². The van der Waals surface area contributed by atoms with Crippen molar-refractivity contribution in [2.75, 3.05) is 4.90 Å². The minimum atomic E-state index is -0.138. The Labute approximate surface area is 230 Å². The molecule has 2 aliphatic rings. The molecule has 0 saturated heterocycles. The van der Waals surface area contributed by atoms with Crippen LogP contribution in [0.1, 0.15) is 25.0 Å². The van der Waals surface area contributed by atoms with Crippen molar-refractivity contribution in [1.29, 1.82) is 0 Å². The van der Waals surface area contributed by atoms with Gasteiger partial charge < -0.3 is 4.90 Å². The molecule has 8 rings (SSSR count). The molecule has 0 bridgehead atoms. The van der Waals surface area contributed by atoms with Gasteiger partial charge >= 0.3 is 0 Å². The Balaban J connectivity index is 1.53. The number of hydrogen-bond acceptors (Lipinski definition) is 1. The minimum Gasteiger partial charge on any atom is -0.311 e. The van der Waals surface area contributed by atoms with Crippen LogP contribution in [-0.4, -0.2) is 6.71 Å². The Kier molecular flexibility index (Phi) is 4.73. The standard InChI is InChI=1S/C37H28BN/c1-37(2)30-19-11-12-20-33(30)39-34-22-21-26(25-13-5-3-6-14-25)23-31(34)38(28-16-7-4-8-17-28)32-24-27-15-9-10-18-29(27)35(37)36(32)39/h3-24H,1-2H3. The molecule has 0 amide bonds. The van der Waals surface area contributed by atoms with Gasteiger partial charge in [-0.15, -0.1) is 0 Å². The molecule has 0 unspecified atom stereocenters. The van der Waals surface area contributed by atoms with Crippen LogP contribution in [0.2, 0.25) is 0 Å². The number of nitrogens with zero attached hydrogens (tertiary/aromatic N) is 1. The van der Waals surface area contributed by atoms with Gasteiger partial charge in [0.05, 0.1) is 5.69 Å². The van der Waals surface area contributed by atoms with Crippen molar-refractivity contribution < 1.29 is 0 Å². The number of benzene rings is 6. The van der Waals surface area contributed by atoms with Crippen LogP contribution in [0.25, 0.3) is 21.9 Å². The van der Waals surface area contributed by atoms with E-state index in [2.05, 4.69) is 152 Å². The summed E-state index contributed by atoms with van der Waals surface area (Å²) in [5.74, 6) is 0. The summed E-state index contributed by atoms with van der Waals surface area (Å²) < 4.78 is 0. The average Bonchev–Trinajstić information content (AvgIpc) is 2.99. The monoisotopic (exact) mass is 497 g/mol. The van der Waals surface area contributed by atoms with Gasteiger partial charge in [-0.25, -0.2) is 0 Å². The van der Waals surface area contributed by atoms with Crippen molar-refractivity contribution in [2.24, 2.45) is 0 Å². The lowest BCUT2D eigenvalue weighted by Crippen LogP contribution is -2.58. The zero-order chi connectivity index (χ0) is 26.1. The molecule has 6 aromatic carbocycles. The first-order chi connectivity index (χ1) is 19.1. The zero-order valence-corrected chi connectivity index (χ0v) is 22.2. The Morgan fingerprint density at radius 2 is 1.26 bits per heavy atom. The first-order valence-corrected chi connectivity index (χ1v) is 13.8. The summed E-state index contributed by atoms with van der Waals surface area (Å²) in [7, 11) is 0. The van der Waals surface area contributed by atoms with Gasteiger partial charge in [0.15, 0.2) is 0 Å². The zero-order valence-electron chi connectivity index (χ0n) is 22.2. The first kappa shape index (κ1) is 22.4. The summed E-state index contributed by atoms with van der Waals surface area (Å²) in [4.78, 5) is 2.56. The fraction of sp³-hybridized carbons (Fsp3) is 0.0811. The topological polar surface area (TPSA) is 3.24 Å². The maximum Gasteiger partial charge on any atom is 0.246 e. The van der Waals surface area contributed by atoms with Crippen LogP contribution in [0, 0.1) is 0 Å². The fourth-order valence-electron chi connectivity index (χ4n) is 7.13. The largest absolute Gasteiger partial charge is 0.311 e. The van der Waals surface area contributed by atoms with Gasteiger partial charge in [0, 0.05) is 16.8 Å². The summed E-state index contributed by atoms with van der Waals surface area (Å²) in [6, 6.07) is 49.3. The molecule has 184 valence electrons. The van der Waals surface area contributed by atoms with Crippen LogP contribution < -0.4 is 21.3 Å². The molecule has 0 saturated carbocycles. The van der Waals surface area contributed by atoms with E-state index in [9.17, 15) is 0 Å². The summed E-state index contributed by atoms with van der Waals surface area (Å²) in [5.41, 5.74) is 13.1. The van der Waals surface area contributed by atoms with E-state index in [4.69, 9.17) is 0 Å². The molecule has 2 heteroatoms. The molecule has 1 nitrogen and oxygen atoms in total. The second-order valence-electron chi connectivity index (χ2n) is 11.4. The number of hydrogen-bond donors (Lipinski definition) is 0. The van der Waals surface area contributed by atoms with Gasteiger partial charge in [-0.3, -0.25) is 0 Å². The normalized spacial score (nSPS) is 14.5. The van der Waals surface area contributed by atoms with Crippen LogP contribution in [0.3, 0.4) is 0 Å². The third kappa shape index (κ3) is 3.15. The summed E-state index contributed by atoms with van der Waals surface area (Å²) >= 11 is 0. The van der Waals surface area contributed by atoms with Crippen molar-refractivity contribution in [3.05, 3.63) is 145 Å². The van der Waals surface area contributed by atoms with E-state index in [1.807, 2.05) is 0 Å². The minimum absolute atomic E-state index is 0.138. The Morgan fingerprint density at radius 1 is 0.564 bits per heavy atom. The van der Waals surface area contributed by atoms with E-state index in [1.165, 1.54) is 66.5 Å². The molecule has 39 heavy (non-hydrogen) atoms. The first-order valence-electron chi connectivity index (χ1n) is 13.8. The van der Waals surface area contributed by atoms with E-state index >= 15 is 0 Å². The lowest BCUT2D eigenvalue weighted by molar-refractivity contribution is 0.638. The predicted octanol–water partition coefficient (Wildman–Crippen LogP) is 7.45. The molecule has 2 heterocycles. The van der Waals surface area contributed by atoms with E-state index in [0.29, 0.717) is 0 Å². The molecule has 0 atom stereocenters. The molecule has 0 N–H and O–H groups in total. The van der Waals surface area contributed by atoms with Gasteiger partial charge in [0.2, 0.25) is 6.71 Å². The average molecular weight is 497 g/mol. The van der Waals surface area contributed by atoms with Gasteiger partial charge in [-0.2, -0.15) is 0 Å². The van der Waals surface area contributed by atoms with Crippen molar-refractivity contribution in [3.63, 3.8) is 0 Å². The van der Waals surface area contributed by atoms with Gasteiger partial charge in [0.1, 0.15) is 0 Å². The summed E-state index contributed by atoms with van der Waals surface area (Å²) in [6.45, 7) is 4.94. The molecule has 0 aromatic heterocycles. The van der Waals surface area contributed by atoms with Crippen LogP contribution in [0.4, 0.5) is 17.1 Å². The smallest absolute Gasteiger partial charge is 0.246 e. The van der Waals surface area contributed by atoms with Crippen LogP contribution >= 0.6 is 0 Å². The molecular weight excluding hydrogens is 469 g/mol. The number of fused-ring (bicyclic) bond motifs is 6. The number of rotatable bonds is 2. The molecule has 6 aromatic rings. The Hall–Kier alpha value is -4.56. The van der Waals surface area contributed by atoms with Crippen molar-refractivity contribution in [3.8, 4) is 11.1 Å².